The maximum atomic E-state index is 3.95. The first-order valence-electron chi connectivity index (χ1n) is 3.55. The summed E-state index contributed by atoms with van der Waals surface area (Å²) < 4.78 is 0. The van der Waals surface area contributed by atoms with Gasteiger partial charge in [-0.05, 0) is 12.2 Å². The van der Waals surface area contributed by atoms with Crippen LogP contribution in [0.4, 0.5) is 0 Å². The highest BCUT2D eigenvalue weighted by Crippen LogP contribution is 2.35. The maximum Gasteiger partial charge on any atom is 0.144 e. The lowest BCUT2D eigenvalue weighted by molar-refractivity contribution is 0.776. The van der Waals surface area contributed by atoms with Crippen LogP contribution in [0.3, 0.4) is 0 Å². The van der Waals surface area contributed by atoms with Crippen molar-refractivity contribution in [2.24, 2.45) is 0 Å². The highest BCUT2D eigenvalue weighted by Gasteiger charge is 2.24. The quantitative estimate of drug-likeness (QED) is 0.392. The molecule has 0 amide bonds. The Balaban J connectivity index is 4.19. The van der Waals surface area contributed by atoms with E-state index in [2.05, 4.69) is 41.0 Å². The topological polar surface area (TPSA) is 0 Å². The predicted octanol–water partition coefficient (Wildman–Crippen LogP) is 3.10. The van der Waals surface area contributed by atoms with E-state index in [1.807, 2.05) is 0 Å². The average Bonchev–Trinajstić information content (AvgIpc) is 1.65. The molecule has 0 heterocycles. The molecular formula is C8H17B. The first-order valence-corrected chi connectivity index (χ1v) is 3.55. The summed E-state index contributed by atoms with van der Waals surface area (Å²) in [4.78, 5) is 0. The second-order valence-electron chi connectivity index (χ2n) is 3.66. The second-order valence-corrected chi connectivity index (χ2v) is 3.66. The Morgan fingerprint density at radius 2 is 1.67 bits per heavy atom. The minimum Gasteiger partial charge on any atom is -0.100 e. The van der Waals surface area contributed by atoms with Crippen molar-refractivity contribution in [1.29, 1.82) is 0 Å². The highest BCUT2D eigenvalue weighted by atomic mass is 14.1. The molecule has 0 atom stereocenters. The normalized spacial score (nSPS) is 11.2. The molecule has 0 N–H and O–H groups in total. The van der Waals surface area contributed by atoms with Crippen molar-refractivity contribution in [1.82, 2.24) is 0 Å². The van der Waals surface area contributed by atoms with Gasteiger partial charge in [-0.3, -0.25) is 0 Å². The Labute approximate surface area is 59.4 Å². The Morgan fingerprint density at radius 1 is 1.33 bits per heavy atom. The van der Waals surface area contributed by atoms with E-state index in [4.69, 9.17) is 0 Å². The van der Waals surface area contributed by atoms with E-state index in [0.29, 0.717) is 12.0 Å². The van der Waals surface area contributed by atoms with E-state index >= 15 is 0 Å². The molecule has 0 saturated carbocycles. The molecule has 0 spiro atoms. The SMILES string of the molecule is C=C(C)C(C)(C)B(C)C. The molecule has 52 valence electrons. The number of hydrogen-bond acceptors (Lipinski definition) is 0. The van der Waals surface area contributed by atoms with Gasteiger partial charge in [0.2, 0.25) is 0 Å². The van der Waals surface area contributed by atoms with Gasteiger partial charge in [-0.15, -0.1) is 6.58 Å². The molecule has 9 heavy (non-hydrogen) atoms. The first-order chi connectivity index (χ1) is 3.89. The van der Waals surface area contributed by atoms with Crippen molar-refractivity contribution in [3.63, 3.8) is 0 Å². The molecule has 0 fully saturated rings. The van der Waals surface area contributed by atoms with Gasteiger partial charge in [-0.1, -0.05) is 33.1 Å². The molecule has 0 aromatic carbocycles. The molecule has 0 rings (SSSR count). The summed E-state index contributed by atoms with van der Waals surface area (Å²) >= 11 is 0. The van der Waals surface area contributed by atoms with E-state index in [9.17, 15) is 0 Å². The molecule has 0 saturated heterocycles. The largest absolute Gasteiger partial charge is 0.144 e. The van der Waals surface area contributed by atoms with Gasteiger partial charge in [0.05, 0.1) is 0 Å². The van der Waals surface area contributed by atoms with Crippen LogP contribution < -0.4 is 0 Å². The summed E-state index contributed by atoms with van der Waals surface area (Å²) in [6.07, 6.45) is 0. The smallest absolute Gasteiger partial charge is 0.100 e. The van der Waals surface area contributed by atoms with E-state index in [1.165, 1.54) is 5.57 Å². The summed E-state index contributed by atoms with van der Waals surface area (Å²) in [6.45, 7) is 15.7. The zero-order valence-electron chi connectivity index (χ0n) is 7.28. The lowest BCUT2D eigenvalue weighted by Gasteiger charge is -2.27. The molecule has 0 nitrogen and oxygen atoms in total. The Kier molecular flexibility index (Phi) is 2.54. The molecule has 0 aliphatic carbocycles. The molecule has 0 unspecified atom stereocenters. The summed E-state index contributed by atoms with van der Waals surface area (Å²) in [5, 5.41) is 0.306. The highest BCUT2D eigenvalue weighted by molar-refractivity contribution is 6.60. The zero-order valence-corrected chi connectivity index (χ0v) is 7.28. The number of allylic oxidation sites excluding steroid dienone is 1. The van der Waals surface area contributed by atoms with Crippen LogP contribution in [-0.2, 0) is 0 Å². The third-order valence-electron chi connectivity index (χ3n) is 2.54. The van der Waals surface area contributed by atoms with Crippen molar-refractivity contribution >= 4 is 6.71 Å². The summed E-state index contributed by atoms with van der Waals surface area (Å²) in [7, 11) is 0. The fourth-order valence-electron chi connectivity index (χ4n) is 0.493. The molecule has 0 aliphatic rings. The zero-order chi connectivity index (χ0) is 7.65. The van der Waals surface area contributed by atoms with Gasteiger partial charge < -0.3 is 0 Å². The average molecular weight is 124 g/mol. The lowest BCUT2D eigenvalue weighted by atomic mass is 9.36. The van der Waals surface area contributed by atoms with Crippen LogP contribution in [0.25, 0.3) is 0 Å². The van der Waals surface area contributed by atoms with Gasteiger partial charge in [0.15, 0.2) is 0 Å². The second kappa shape index (κ2) is 2.59. The van der Waals surface area contributed by atoms with E-state index in [-0.39, 0.29) is 0 Å². The predicted molar refractivity (Wildman–Crippen MR) is 46.3 cm³/mol. The van der Waals surface area contributed by atoms with Crippen LogP contribution in [0.2, 0.25) is 19.0 Å². The van der Waals surface area contributed by atoms with Gasteiger partial charge in [0, 0.05) is 0 Å². The fraction of sp³-hybridized carbons (Fsp3) is 0.750. The van der Waals surface area contributed by atoms with Gasteiger partial charge in [-0.25, -0.2) is 0 Å². The molecule has 1 heteroatoms. The first kappa shape index (κ1) is 8.80. The van der Waals surface area contributed by atoms with E-state index in [0.717, 1.165) is 0 Å². The van der Waals surface area contributed by atoms with E-state index < -0.39 is 0 Å². The van der Waals surface area contributed by atoms with Gasteiger partial charge in [0.1, 0.15) is 6.71 Å². The molecule has 0 aromatic heterocycles. The fourth-order valence-corrected chi connectivity index (χ4v) is 0.493. The molecule has 0 aliphatic heterocycles. The molecular weight excluding hydrogens is 107 g/mol. The lowest BCUT2D eigenvalue weighted by Crippen LogP contribution is -2.21. The van der Waals surface area contributed by atoms with Crippen LogP contribution in [0.15, 0.2) is 12.2 Å². The Bertz CT molecular complexity index is 112. The number of rotatable bonds is 2. The Morgan fingerprint density at radius 3 is 1.67 bits per heavy atom. The number of hydrogen-bond donors (Lipinski definition) is 0. The molecule has 0 bridgehead atoms. The minimum absolute atomic E-state index is 0.306. The third kappa shape index (κ3) is 1.89. The van der Waals surface area contributed by atoms with Crippen LogP contribution in [0.1, 0.15) is 20.8 Å². The van der Waals surface area contributed by atoms with Crippen LogP contribution in [-0.4, -0.2) is 6.71 Å². The summed E-state index contributed by atoms with van der Waals surface area (Å²) in [5.41, 5.74) is 1.28. The third-order valence-corrected chi connectivity index (χ3v) is 2.54. The van der Waals surface area contributed by atoms with Crippen molar-refractivity contribution in [2.45, 2.75) is 39.7 Å². The van der Waals surface area contributed by atoms with Crippen molar-refractivity contribution in [3.8, 4) is 0 Å². The van der Waals surface area contributed by atoms with E-state index in [1.54, 1.807) is 0 Å². The monoisotopic (exact) mass is 124 g/mol. The van der Waals surface area contributed by atoms with Crippen LogP contribution >= 0.6 is 0 Å². The Hall–Kier alpha value is -0.195. The van der Waals surface area contributed by atoms with Gasteiger partial charge >= 0.3 is 0 Å². The summed E-state index contributed by atoms with van der Waals surface area (Å²) in [5.74, 6) is 0. The van der Waals surface area contributed by atoms with Crippen LogP contribution in [0, 0.1) is 0 Å². The standard InChI is InChI=1S/C8H17B/c1-7(2)8(3,4)9(5)6/h1H2,2-6H3. The van der Waals surface area contributed by atoms with Crippen LogP contribution in [0.5, 0.6) is 0 Å². The van der Waals surface area contributed by atoms with Crippen molar-refractivity contribution in [2.75, 3.05) is 0 Å². The van der Waals surface area contributed by atoms with Gasteiger partial charge in [-0.2, -0.15) is 0 Å². The molecule has 0 aromatic rings. The maximum absolute atomic E-state index is 3.95. The van der Waals surface area contributed by atoms with Crippen molar-refractivity contribution < 1.29 is 0 Å². The van der Waals surface area contributed by atoms with Gasteiger partial charge in [0.25, 0.3) is 0 Å². The molecule has 0 radical (unpaired) electrons. The van der Waals surface area contributed by atoms with Crippen molar-refractivity contribution in [3.05, 3.63) is 12.2 Å². The minimum atomic E-state index is 0.306. The summed E-state index contributed by atoms with van der Waals surface area (Å²) in [6, 6.07) is 0.